The number of rotatable bonds is 15. The van der Waals surface area contributed by atoms with Crippen molar-refractivity contribution in [1.82, 2.24) is 0 Å². The molecule has 0 atom stereocenters. The molecule has 1 heteroatoms. The molecule has 0 bridgehead atoms. The van der Waals surface area contributed by atoms with Gasteiger partial charge in [-0.2, -0.15) is 28.3 Å². The number of unbranched alkanes of at least 4 members (excludes halogenated alkanes) is 13. The summed E-state index contributed by atoms with van der Waals surface area (Å²) in [6.45, 7) is 9.10. The van der Waals surface area contributed by atoms with Crippen LogP contribution in [0, 0.1) is 20.8 Å². The van der Waals surface area contributed by atoms with Crippen LogP contribution in [0.4, 0.5) is 0 Å². The van der Waals surface area contributed by atoms with Crippen molar-refractivity contribution >= 4 is 0 Å². The molecule has 0 aromatic heterocycles. The molecular weight excluding hydrogens is 404 g/mol. The molecule has 0 nitrogen and oxygen atoms in total. The topological polar surface area (TPSA) is 0 Å². The quantitative estimate of drug-likeness (QED) is 0.143. The van der Waals surface area contributed by atoms with Gasteiger partial charge in [-0.05, 0) is 0 Å². The van der Waals surface area contributed by atoms with Gasteiger partial charge in [-0.1, -0.05) is 124 Å². The van der Waals surface area contributed by atoms with Crippen LogP contribution in [0.2, 0.25) is 0 Å². The summed E-state index contributed by atoms with van der Waals surface area (Å²) in [5.41, 5.74) is 6.13. The summed E-state index contributed by atoms with van der Waals surface area (Å²) in [4.78, 5) is 0. The van der Waals surface area contributed by atoms with Gasteiger partial charge in [-0.25, -0.2) is 0 Å². The normalized spacial score (nSPS) is 10.4. The van der Waals surface area contributed by atoms with Crippen molar-refractivity contribution in [2.24, 2.45) is 0 Å². The first-order valence-corrected chi connectivity index (χ1v) is 12.6. The Bertz CT molecular complexity index is 559. The van der Waals surface area contributed by atoms with Gasteiger partial charge >= 0.3 is 0 Å². The fraction of sp³-hybridized carbons (Fsp3) is 0.655. The average Bonchev–Trinajstić information content (AvgIpc) is 3.38. The van der Waals surface area contributed by atoms with Crippen molar-refractivity contribution in [3.63, 3.8) is 0 Å². The van der Waals surface area contributed by atoms with Crippen molar-refractivity contribution in [2.75, 3.05) is 0 Å². The first-order valence-electron chi connectivity index (χ1n) is 12.6. The van der Waals surface area contributed by atoms with Crippen molar-refractivity contribution in [3.05, 3.63) is 58.7 Å². The van der Waals surface area contributed by atoms with Gasteiger partial charge in [0.25, 0.3) is 0 Å². The fourth-order valence-electron chi connectivity index (χ4n) is 4.10. The van der Waals surface area contributed by atoms with Gasteiger partial charge < -0.3 is 30.3 Å². The molecule has 0 spiro atoms. The summed E-state index contributed by atoms with van der Waals surface area (Å²) in [5.74, 6) is 0. The van der Waals surface area contributed by atoms with Crippen LogP contribution in [0.25, 0.3) is 0 Å². The van der Waals surface area contributed by atoms with E-state index in [0.717, 1.165) is 0 Å². The maximum absolute atomic E-state index is 2.41. The minimum Gasteiger partial charge on any atom is -0.748 e. The van der Waals surface area contributed by atoms with Crippen molar-refractivity contribution in [2.45, 2.75) is 124 Å². The van der Waals surface area contributed by atoms with E-state index in [1.165, 1.54) is 107 Å². The maximum Gasteiger partial charge on any atom is 0 e. The van der Waals surface area contributed by atoms with Gasteiger partial charge in [-0.3, -0.25) is 0 Å². The summed E-state index contributed by atoms with van der Waals surface area (Å²) in [5, 5.41) is 0. The third-order valence-corrected chi connectivity index (χ3v) is 6.38. The van der Waals surface area contributed by atoms with Crippen LogP contribution in [0.15, 0.2) is 36.4 Å². The SMILES string of the molecule is CCCCCCCCCCCCCCCC[c-]1cc(C)c(C)c1C.[Fe].[cH-]1[cH-][cH-][cH-][cH-]1. The van der Waals surface area contributed by atoms with Gasteiger partial charge in [0.2, 0.25) is 0 Å². The van der Waals surface area contributed by atoms with Gasteiger partial charge in [0.1, 0.15) is 0 Å². The van der Waals surface area contributed by atoms with E-state index in [1.54, 1.807) is 11.1 Å². The van der Waals surface area contributed by atoms with Crippen molar-refractivity contribution < 1.29 is 17.1 Å². The summed E-state index contributed by atoms with van der Waals surface area (Å²) in [7, 11) is 0. The molecule has 0 amide bonds. The van der Waals surface area contributed by atoms with Gasteiger partial charge in [0, 0.05) is 17.1 Å². The molecule has 0 N–H and O–H groups in total. The third-order valence-electron chi connectivity index (χ3n) is 6.38. The Balaban J connectivity index is 0.00000122. The zero-order valence-corrected chi connectivity index (χ0v) is 21.5. The molecule has 0 aliphatic rings. The zero-order chi connectivity index (χ0) is 21.2. The second kappa shape index (κ2) is 20.1. The molecule has 178 valence electrons. The molecule has 2 aromatic rings. The first kappa shape index (κ1) is 29.2. The molecule has 30 heavy (non-hydrogen) atoms. The van der Waals surface area contributed by atoms with Crippen LogP contribution in [0.3, 0.4) is 0 Å². The Morgan fingerprint density at radius 1 is 0.600 bits per heavy atom. The molecule has 0 saturated carbocycles. The van der Waals surface area contributed by atoms with Crippen LogP contribution in [-0.2, 0) is 23.5 Å². The molecule has 0 aliphatic carbocycles. The largest absolute Gasteiger partial charge is 0.748 e. The van der Waals surface area contributed by atoms with Gasteiger partial charge in [0.05, 0.1) is 0 Å². The van der Waals surface area contributed by atoms with E-state index in [0.29, 0.717) is 0 Å². The molecule has 0 radical (unpaired) electrons. The summed E-state index contributed by atoms with van der Waals surface area (Å²) in [6.07, 6.45) is 21.5. The van der Waals surface area contributed by atoms with Crippen molar-refractivity contribution in [1.29, 1.82) is 0 Å². The molecule has 0 saturated heterocycles. The standard InChI is InChI=1S/C24H43.C5H5.Fe/c1-5-6-7-8-9-10-11-12-13-14-15-16-17-18-19-24-20-21(2)22(3)23(24)4;1-2-4-5-3-1;/h20H,5-19H2,1-4H3;1-5H;/q-1;-5;. The predicted octanol–water partition coefficient (Wildman–Crippen LogP) is 9.76. The maximum atomic E-state index is 2.41. The molecular formula is C29H48Fe-6. The minimum atomic E-state index is 0. The van der Waals surface area contributed by atoms with Gasteiger partial charge in [0.15, 0.2) is 0 Å². The van der Waals surface area contributed by atoms with Crippen LogP contribution in [0.1, 0.15) is 119 Å². The van der Waals surface area contributed by atoms with Gasteiger partial charge in [-0.15, -0.1) is 0 Å². The molecule has 2 aromatic carbocycles. The van der Waals surface area contributed by atoms with E-state index in [-0.39, 0.29) is 17.1 Å². The predicted molar refractivity (Wildman–Crippen MR) is 132 cm³/mol. The minimum absolute atomic E-state index is 0. The van der Waals surface area contributed by atoms with E-state index in [4.69, 9.17) is 0 Å². The Morgan fingerprint density at radius 3 is 1.30 bits per heavy atom. The molecule has 0 unspecified atom stereocenters. The number of aryl methyl sites for hydroxylation is 2. The number of hydrogen-bond donors (Lipinski definition) is 0. The summed E-state index contributed by atoms with van der Waals surface area (Å²) < 4.78 is 0. The second-order valence-electron chi connectivity index (χ2n) is 8.91. The molecule has 0 fully saturated rings. The van der Waals surface area contributed by atoms with Crippen LogP contribution < -0.4 is 0 Å². The Hall–Kier alpha value is -0.781. The van der Waals surface area contributed by atoms with E-state index in [2.05, 4.69) is 33.8 Å². The Labute approximate surface area is 199 Å². The molecule has 0 aliphatic heterocycles. The van der Waals surface area contributed by atoms with E-state index >= 15 is 0 Å². The van der Waals surface area contributed by atoms with Crippen molar-refractivity contribution in [3.8, 4) is 0 Å². The third kappa shape index (κ3) is 14.3. The Morgan fingerprint density at radius 2 is 0.967 bits per heavy atom. The monoisotopic (exact) mass is 452 g/mol. The number of hydrogen-bond acceptors (Lipinski definition) is 0. The van der Waals surface area contributed by atoms with Crippen LogP contribution >= 0.6 is 0 Å². The smallest absolute Gasteiger partial charge is 0 e. The summed E-state index contributed by atoms with van der Waals surface area (Å²) in [6, 6.07) is 12.4. The Kier molecular flexibility index (Phi) is 19.6. The summed E-state index contributed by atoms with van der Waals surface area (Å²) >= 11 is 0. The van der Waals surface area contributed by atoms with Crippen LogP contribution in [0.5, 0.6) is 0 Å². The fourth-order valence-corrected chi connectivity index (χ4v) is 4.10. The second-order valence-corrected chi connectivity index (χ2v) is 8.91. The molecule has 2 rings (SSSR count). The van der Waals surface area contributed by atoms with Crippen LogP contribution in [-0.4, -0.2) is 0 Å². The zero-order valence-electron chi connectivity index (χ0n) is 20.4. The van der Waals surface area contributed by atoms with E-state index < -0.39 is 0 Å². The average molecular weight is 453 g/mol. The first-order chi connectivity index (χ1) is 14.2. The molecule has 0 heterocycles. The van der Waals surface area contributed by atoms with E-state index in [9.17, 15) is 0 Å². The van der Waals surface area contributed by atoms with E-state index in [1.807, 2.05) is 30.3 Å².